The molecule has 0 bridgehead atoms. The number of carbonyl (C=O) groups is 2. The van der Waals surface area contributed by atoms with Crippen molar-refractivity contribution in [3.05, 3.63) is 42.2 Å². The normalized spacial score (nSPS) is 15.3. The largest absolute Gasteiger partial charge is 0.339 e. The number of carbonyl (C=O) groups excluding carboxylic acids is 2. The molecule has 1 aliphatic rings. The van der Waals surface area contributed by atoms with Crippen LogP contribution in [0.3, 0.4) is 0 Å². The van der Waals surface area contributed by atoms with E-state index in [0.717, 1.165) is 5.69 Å². The first kappa shape index (κ1) is 17.1. The molecule has 0 N–H and O–H groups in total. The van der Waals surface area contributed by atoms with Crippen molar-refractivity contribution in [2.45, 2.75) is 20.8 Å². The fraction of sp³-hybridized carbons (Fsp3) is 0.444. The van der Waals surface area contributed by atoms with Gasteiger partial charge in [-0.2, -0.15) is 9.90 Å². The third-order valence-corrected chi connectivity index (χ3v) is 4.19. The van der Waals surface area contributed by atoms with Crippen LogP contribution in [0.1, 0.15) is 31.3 Å². The summed E-state index contributed by atoms with van der Waals surface area (Å²) in [5.41, 5.74) is 0.728. The highest BCUT2D eigenvalue weighted by Crippen LogP contribution is 2.19. The van der Waals surface area contributed by atoms with Crippen LogP contribution in [0.4, 0.5) is 0 Å². The van der Waals surface area contributed by atoms with Gasteiger partial charge in [-0.15, -0.1) is 5.10 Å². The summed E-state index contributed by atoms with van der Waals surface area (Å²) in [6, 6.07) is 9.46. The molecule has 132 valence electrons. The third-order valence-electron chi connectivity index (χ3n) is 4.19. The first-order valence-corrected chi connectivity index (χ1v) is 8.43. The molecule has 0 spiro atoms. The van der Waals surface area contributed by atoms with E-state index in [9.17, 15) is 9.59 Å². The zero-order valence-electron chi connectivity index (χ0n) is 14.8. The van der Waals surface area contributed by atoms with Gasteiger partial charge in [0.25, 0.3) is 5.91 Å². The van der Waals surface area contributed by atoms with E-state index in [0.29, 0.717) is 31.9 Å². The van der Waals surface area contributed by atoms with Crippen LogP contribution in [0.15, 0.2) is 36.5 Å². The molecule has 1 fully saturated rings. The Morgan fingerprint density at radius 2 is 1.56 bits per heavy atom. The van der Waals surface area contributed by atoms with Crippen molar-refractivity contribution >= 4 is 11.8 Å². The highest BCUT2D eigenvalue weighted by molar-refractivity contribution is 5.92. The number of hydrogen-bond acceptors (Lipinski definition) is 4. The smallest absolute Gasteiger partial charge is 0.276 e. The minimum atomic E-state index is -0.398. The molecule has 3 rings (SSSR count). The highest BCUT2D eigenvalue weighted by Gasteiger charge is 2.31. The minimum Gasteiger partial charge on any atom is -0.339 e. The molecule has 7 nitrogen and oxygen atoms in total. The second-order valence-corrected chi connectivity index (χ2v) is 7.19. The Hall–Kier alpha value is -2.70. The molecular weight excluding hydrogens is 318 g/mol. The molecule has 7 heteroatoms. The van der Waals surface area contributed by atoms with Gasteiger partial charge in [0.15, 0.2) is 5.69 Å². The van der Waals surface area contributed by atoms with Gasteiger partial charge in [0, 0.05) is 31.6 Å². The predicted molar refractivity (Wildman–Crippen MR) is 93.3 cm³/mol. The number of amides is 2. The summed E-state index contributed by atoms with van der Waals surface area (Å²) >= 11 is 0. The highest BCUT2D eigenvalue weighted by atomic mass is 16.2. The van der Waals surface area contributed by atoms with Crippen LogP contribution in [-0.4, -0.2) is 62.8 Å². The molecule has 25 heavy (non-hydrogen) atoms. The molecule has 0 atom stereocenters. The molecule has 1 aliphatic heterocycles. The van der Waals surface area contributed by atoms with E-state index >= 15 is 0 Å². The molecule has 0 saturated carbocycles. The molecule has 2 amide bonds. The van der Waals surface area contributed by atoms with Gasteiger partial charge in [-0.05, 0) is 12.1 Å². The molecule has 2 aromatic rings. The summed E-state index contributed by atoms with van der Waals surface area (Å²) in [7, 11) is 0. The Labute approximate surface area is 147 Å². The number of para-hydroxylation sites is 1. The zero-order valence-corrected chi connectivity index (χ0v) is 14.8. The molecule has 1 aromatic heterocycles. The van der Waals surface area contributed by atoms with E-state index in [2.05, 4.69) is 10.2 Å². The molecule has 0 unspecified atom stereocenters. The van der Waals surface area contributed by atoms with Crippen molar-refractivity contribution in [3.63, 3.8) is 0 Å². The first-order valence-electron chi connectivity index (χ1n) is 8.43. The van der Waals surface area contributed by atoms with E-state index in [1.807, 2.05) is 56.0 Å². The summed E-state index contributed by atoms with van der Waals surface area (Å²) in [5, 5.41) is 8.45. The second kappa shape index (κ2) is 6.66. The van der Waals surface area contributed by atoms with Gasteiger partial charge in [0.2, 0.25) is 5.91 Å². The monoisotopic (exact) mass is 341 g/mol. The third kappa shape index (κ3) is 3.70. The van der Waals surface area contributed by atoms with E-state index < -0.39 is 5.41 Å². The van der Waals surface area contributed by atoms with E-state index in [1.165, 1.54) is 11.0 Å². The average molecular weight is 341 g/mol. The molecule has 1 aromatic carbocycles. The lowest BCUT2D eigenvalue weighted by molar-refractivity contribution is -0.140. The number of aromatic nitrogens is 3. The molecule has 2 heterocycles. The van der Waals surface area contributed by atoms with Crippen LogP contribution < -0.4 is 0 Å². The van der Waals surface area contributed by atoms with Gasteiger partial charge in [0.05, 0.1) is 11.9 Å². The van der Waals surface area contributed by atoms with Crippen LogP contribution in [-0.2, 0) is 4.79 Å². The summed E-state index contributed by atoms with van der Waals surface area (Å²) in [4.78, 5) is 30.0. The fourth-order valence-corrected chi connectivity index (χ4v) is 2.80. The summed E-state index contributed by atoms with van der Waals surface area (Å²) in [5.74, 6) is -0.0281. The summed E-state index contributed by atoms with van der Waals surface area (Å²) in [6.45, 7) is 7.86. The lowest BCUT2D eigenvalue weighted by atomic mass is 9.94. The van der Waals surface area contributed by atoms with Crippen molar-refractivity contribution < 1.29 is 9.59 Å². The molecule has 0 aliphatic carbocycles. The number of benzene rings is 1. The van der Waals surface area contributed by atoms with Gasteiger partial charge < -0.3 is 9.80 Å². The lowest BCUT2D eigenvalue weighted by Crippen LogP contribution is -2.53. The standard InChI is InChI=1S/C18H23N5O2/c1-18(2,3)17(25)22-11-9-21(10-12-22)16(24)15-13-19-23(20-15)14-7-5-4-6-8-14/h4-8,13H,9-12H2,1-3H3. The predicted octanol–water partition coefficient (Wildman–Crippen LogP) is 1.60. The zero-order chi connectivity index (χ0) is 18.0. The molecular formula is C18H23N5O2. The molecule has 1 saturated heterocycles. The lowest BCUT2D eigenvalue weighted by Gasteiger charge is -2.37. The summed E-state index contributed by atoms with van der Waals surface area (Å²) < 4.78 is 0. The van der Waals surface area contributed by atoms with Gasteiger partial charge in [-0.1, -0.05) is 39.0 Å². The van der Waals surface area contributed by atoms with E-state index in [1.54, 1.807) is 4.90 Å². The minimum absolute atomic E-state index is 0.120. The number of piperazine rings is 1. The fourth-order valence-electron chi connectivity index (χ4n) is 2.80. The van der Waals surface area contributed by atoms with Gasteiger partial charge in [-0.3, -0.25) is 9.59 Å². The van der Waals surface area contributed by atoms with Crippen molar-refractivity contribution in [2.75, 3.05) is 26.2 Å². The maximum Gasteiger partial charge on any atom is 0.276 e. The first-order chi connectivity index (χ1) is 11.9. The quantitative estimate of drug-likeness (QED) is 0.832. The van der Waals surface area contributed by atoms with E-state index in [4.69, 9.17) is 0 Å². The number of rotatable bonds is 2. The number of nitrogens with zero attached hydrogens (tertiary/aromatic N) is 5. The van der Waals surface area contributed by atoms with Crippen molar-refractivity contribution in [3.8, 4) is 5.69 Å². The maximum absolute atomic E-state index is 12.6. The van der Waals surface area contributed by atoms with Gasteiger partial charge >= 0.3 is 0 Å². The van der Waals surface area contributed by atoms with Gasteiger partial charge in [-0.25, -0.2) is 0 Å². The van der Waals surface area contributed by atoms with Crippen LogP contribution in [0.5, 0.6) is 0 Å². The van der Waals surface area contributed by atoms with E-state index in [-0.39, 0.29) is 11.8 Å². The topological polar surface area (TPSA) is 71.3 Å². The second-order valence-electron chi connectivity index (χ2n) is 7.19. The number of hydrogen-bond donors (Lipinski definition) is 0. The molecule has 0 radical (unpaired) electrons. The van der Waals surface area contributed by atoms with Crippen molar-refractivity contribution in [1.82, 2.24) is 24.8 Å². The van der Waals surface area contributed by atoms with Crippen molar-refractivity contribution in [2.24, 2.45) is 5.41 Å². The van der Waals surface area contributed by atoms with Crippen LogP contribution in [0.2, 0.25) is 0 Å². The summed E-state index contributed by atoms with van der Waals surface area (Å²) in [6.07, 6.45) is 1.49. The Balaban J connectivity index is 1.64. The van der Waals surface area contributed by atoms with Crippen LogP contribution in [0.25, 0.3) is 5.69 Å². The Morgan fingerprint density at radius 3 is 2.16 bits per heavy atom. The Kier molecular flexibility index (Phi) is 4.57. The van der Waals surface area contributed by atoms with Crippen LogP contribution >= 0.6 is 0 Å². The average Bonchev–Trinajstić information content (AvgIpc) is 3.11. The van der Waals surface area contributed by atoms with Gasteiger partial charge in [0.1, 0.15) is 0 Å². The maximum atomic E-state index is 12.6. The Bertz CT molecular complexity index is 755. The Morgan fingerprint density at radius 1 is 0.960 bits per heavy atom. The van der Waals surface area contributed by atoms with Crippen molar-refractivity contribution in [1.29, 1.82) is 0 Å². The SMILES string of the molecule is CC(C)(C)C(=O)N1CCN(C(=O)c2cnn(-c3ccccc3)n2)CC1. The van der Waals surface area contributed by atoms with Crippen LogP contribution in [0, 0.1) is 5.41 Å².